The molecule has 0 fully saturated rings. The zero-order chi connectivity index (χ0) is 12.2. The molecule has 0 aromatic rings. The number of unbranched alkanes of at least 4 members (excludes halogenated alkanes) is 1. The normalized spacial score (nSPS) is 12.8. The van der Waals surface area contributed by atoms with Crippen molar-refractivity contribution in [3.05, 3.63) is 24.3 Å². The number of nitrogens with one attached hydrogen (secondary N) is 1. The van der Waals surface area contributed by atoms with E-state index >= 15 is 0 Å². The molecule has 2 nitrogen and oxygen atoms in total. The van der Waals surface area contributed by atoms with Crippen LogP contribution in [0, 0.1) is 18.3 Å². The SMILES string of the molecule is C#C/C=C/CC/C=C\C(=O)NCC(C)CC. The number of hydrogen-bond donors (Lipinski definition) is 1. The number of allylic oxidation sites excluding steroid dienone is 3. The van der Waals surface area contributed by atoms with E-state index in [2.05, 4.69) is 25.1 Å². The van der Waals surface area contributed by atoms with Gasteiger partial charge in [-0.2, -0.15) is 0 Å². The fourth-order valence-corrected chi connectivity index (χ4v) is 1.01. The number of terminal acetylenes is 1. The Hall–Kier alpha value is -1.49. The molecule has 1 N–H and O–H groups in total. The molecule has 1 atom stereocenters. The minimum absolute atomic E-state index is 0.0128. The van der Waals surface area contributed by atoms with Crippen LogP contribution in [0.1, 0.15) is 33.1 Å². The number of carbonyl (C=O) groups excluding carboxylic acids is 1. The van der Waals surface area contributed by atoms with Crippen LogP contribution in [0.15, 0.2) is 24.3 Å². The molecule has 0 heterocycles. The molecule has 0 aromatic carbocycles. The number of rotatable bonds is 7. The van der Waals surface area contributed by atoms with Gasteiger partial charge in [0.2, 0.25) is 5.91 Å². The summed E-state index contributed by atoms with van der Waals surface area (Å²) in [6.07, 6.45) is 14.9. The van der Waals surface area contributed by atoms with Gasteiger partial charge in [-0.15, -0.1) is 6.42 Å². The van der Waals surface area contributed by atoms with Crippen molar-refractivity contribution in [2.75, 3.05) is 6.54 Å². The molecule has 0 rings (SSSR count). The van der Waals surface area contributed by atoms with Gasteiger partial charge in [0.15, 0.2) is 0 Å². The zero-order valence-electron chi connectivity index (χ0n) is 10.2. The van der Waals surface area contributed by atoms with Gasteiger partial charge in [0.05, 0.1) is 0 Å². The molecule has 2 heteroatoms. The van der Waals surface area contributed by atoms with Crippen molar-refractivity contribution in [2.45, 2.75) is 33.1 Å². The molecule has 0 bridgehead atoms. The second kappa shape index (κ2) is 10.0. The van der Waals surface area contributed by atoms with E-state index in [4.69, 9.17) is 6.42 Å². The van der Waals surface area contributed by atoms with Crippen LogP contribution >= 0.6 is 0 Å². The van der Waals surface area contributed by atoms with Gasteiger partial charge in [0.25, 0.3) is 0 Å². The molecule has 0 aromatic heterocycles. The van der Waals surface area contributed by atoms with E-state index in [0.29, 0.717) is 5.92 Å². The van der Waals surface area contributed by atoms with Crippen molar-refractivity contribution in [1.82, 2.24) is 5.32 Å². The van der Waals surface area contributed by atoms with Gasteiger partial charge in [-0.3, -0.25) is 4.79 Å². The summed E-state index contributed by atoms with van der Waals surface area (Å²) in [5.74, 6) is 2.95. The third-order valence-corrected chi connectivity index (χ3v) is 2.30. The smallest absolute Gasteiger partial charge is 0.243 e. The van der Waals surface area contributed by atoms with Crippen LogP contribution in [0.3, 0.4) is 0 Å². The standard InChI is InChI=1S/C14H21NO/c1-4-6-7-8-9-10-11-14(16)15-12-13(3)5-2/h1,6-7,10-11,13H,5,8-9,12H2,2-3H3,(H,15,16)/b7-6+,11-10-. The Kier molecular flexibility index (Phi) is 9.11. The average Bonchev–Trinajstić information content (AvgIpc) is 2.30. The van der Waals surface area contributed by atoms with E-state index in [9.17, 15) is 4.79 Å². The van der Waals surface area contributed by atoms with Crippen molar-refractivity contribution < 1.29 is 4.79 Å². The molecule has 88 valence electrons. The molecule has 16 heavy (non-hydrogen) atoms. The molecule has 0 saturated heterocycles. The Morgan fingerprint density at radius 2 is 2.12 bits per heavy atom. The maximum atomic E-state index is 11.3. The highest BCUT2D eigenvalue weighted by Gasteiger charge is 1.99. The highest BCUT2D eigenvalue weighted by atomic mass is 16.1. The quantitative estimate of drug-likeness (QED) is 0.398. The van der Waals surface area contributed by atoms with E-state index in [0.717, 1.165) is 25.8 Å². The summed E-state index contributed by atoms with van der Waals surface area (Å²) in [4.78, 5) is 11.3. The second-order valence-electron chi connectivity index (χ2n) is 3.81. The van der Waals surface area contributed by atoms with E-state index < -0.39 is 0 Å². The van der Waals surface area contributed by atoms with Crippen molar-refractivity contribution >= 4 is 5.91 Å². The van der Waals surface area contributed by atoms with E-state index in [1.54, 1.807) is 12.2 Å². The fourth-order valence-electron chi connectivity index (χ4n) is 1.01. The molecule has 0 radical (unpaired) electrons. The van der Waals surface area contributed by atoms with Crippen molar-refractivity contribution in [3.63, 3.8) is 0 Å². The molecule has 1 amide bonds. The zero-order valence-corrected chi connectivity index (χ0v) is 10.2. The molecule has 0 spiro atoms. The summed E-state index contributed by atoms with van der Waals surface area (Å²) < 4.78 is 0. The van der Waals surface area contributed by atoms with Crippen LogP contribution in [0.2, 0.25) is 0 Å². The van der Waals surface area contributed by atoms with Gasteiger partial charge < -0.3 is 5.32 Å². The summed E-state index contributed by atoms with van der Waals surface area (Å²) in [6.45, 7) is 4.98. The third-order valence-electron chi connectivity index (χ3n) is 2.30. The van der Waals surface area contributed by atoms with Gasteiger partial charge in [-0.1, -0.05) is 38.3 Å². The van der Waals surface area contributed by atoms with Crippen molar-refractivity contribution in [3.8, 4) is 12.3 Å². The summed E-state index contributed by atoms with van der Waals surface area (Å²) in [5.41, 5.74) is 0. The van der Waals surface area contributed by atoms with Gasteiger partial charge in [0, 0.05) is 6.54 Å². The molecule has 0 aliphatic heterocycles. The maximum absolute atomic E-state index is 11.3. The summed E-state index contributed by atoms with van der Waals surface area (Å²) in [7, 11) is 0. The van der Waals surface area contributed by atoms with Gasteiger partial charge in [-0.25, -0.2) is 0 Å². The van der Waals surface area contributed by atoms with Crippen LogP contribution in [-0.2, 0) is 4.79 Å². The van der Waals surface area contributed by atoms with Crippen LogP contribution in [0.4, 0.5) is 0 Å². The highest BCUT2D eigenvalue weighted by Crippen LogP contribution is 1.97. The Morgan fingerprint density at radius 3 is 2.75 bits per heavy atom. The summed E-state index contributed by atoms with van der Waals surface area (Å²) in [5, 5.41) is 2.86. The minimum Gasteiger partial charge on any atom is -0.352 e. The van der Waals surface area contributed by atoms with Gasteiger partial charge >= 0.3 is 0 Å². The van der Waals surface area contributed by atoms with E-state index in [-0.39, 0.29) is 5.91 Å². The van der Waals surface area contributed by atoms with Crippen LogP contribution < -0.4 is 5.32 Å². The molecule has 0 saturated carbocycles. The fraction of sp³-hybridized carbons (Fsp3) is 0.500. The summed E-state index contributed by atoms with van der Waals surface area (Å²) in [6, 6.07) is 0. The first-order valence-electron chi connectivity index (χ1n) is 5.76. The lowest BCUT2D eigenvalue weighted by Crippen LogP contribution is -2.26. The van der Waals surface area contributed by atoms with Crippen molar-refractivity contribution in [1.29, 1.82) is 0 Å². The van der Waals surface area contributed by atoms with Crippen LogP contribution in [0.25, 0.3) is 0 Å². The van der Waals surface area contributed by atoms with E-state index in [1.807, 2.05) is 12.2 Å². The lowest BCUT2D eigenvalue weighted by molar-refractivity contribution is -0.116. The predicted octanol–water partition coefficient (Wildman–Crippen LogP) is 2.67. The number of hydrogen-bond acceptors (Lipinski definition) is 1. The molecule has 1 unspecified atom stereocenters. The largest absolute Gasteiger partial charge is 0.352 e. The second-order valence-corrected chi connectivity index (χ2v) is 3.81. The van der Waals surface area contributed by atoms with E-state index in [1.165, 1.54) is 0 Å². The Balaban J connectivity index is 3.59. The predicted molar refractivity (Wildman–Crippen MR) is 68.8 cm³/mol. The average molecular weight is 219 g/mol. The van der Waals surface area contributed by atoms with Gasteiger partial charge in [0.1, 0.15) is 0 Å². The number of amides is 1. The first kappa shape index (κ1) is 14.5. The van der Waals surface area contributed by atoms with Crippen molar-refractivity contribution in [2.24, 2.45) is 5.92 Å². The first-order valence-corrected chi connectivity index (χ1v) is 5.76. The highest BCUT2D eigenvalue weighted by molar-refractivity contribution is 5.87. The number of carbonyl (C=O) groups is 1. The van der Waals surface area contributed by atoms with Crippen LogP contribution in [0.5, 0.6) is 0 Å². The Labute approximate surface area is 98.8 Å². The monoisotopic (exact) mass is 219 g/mol. The molecular weight excluding hydrogens is 198 g/mol. The lowest BCUT2D eigenvalue weighted by atomic mass is 10.1. The molecular formula is C14H21NO. The minimum atomic E-state index is -0.0128. The molecule has 0 aliphatic rings. The van der Waals surface area contributed by atoms with Gasteiger partial charge in [-0.05, 0) is 30.9 Å². The topological polar surface area (TPSA) is 29.1 Å². The third kappa shape index (κ3) is 9.08. The Bertz CT molecular complexity index is 284. The lowest BCUT2D eigenvalue weighted by Gasteiger charge is -2.07. The first-order chi connectivity index (χ1) is 7.70. The summed E-state index contributed by atoms with van der Waals surface area (Å²) >= 11 is 0. The van der Waals surface area contributed by atoms with Crippen LogP contribution in [-0.4, -0.2) is 12.5 Å². The maximum Gasteiger partial charge on any atom is 0.243 e. The Morgan fingerprint density at radius 1 is 1.44 bits per heavy atom. The molecule has 0 aliphatic carbocycles.